The van der Waals surface area contributed by atoms with Crippen LogP contribution in [0.1, 0.15) is 51.9 Å². The van der Waals surface area contributed by atoms with Gasteiger partial charge in [-0.05, 0) is 44.6 Å². The van der Waals surface area contributed by atoms with Gasteiger partial charge in [0.05, 0.1) is 5.76 Å². The maximum atomic E-state index is 5.54. The first kappa shape index (κ1) is 20.0. The van der Waals surface area contributed by atoms with E-state index in [9.17, 15) is 0 Å². The van der Waals surface area contributed by atoms with Crippen molar-refractivity contribution in [2.75, 3.05) is 0 Å². The average molecular weight is 325 g/mol. The number of unbranched alkanes of at least 4 members (excludes halogenated alkanes) is 1. The summed E-state index contributed by atoms with van der Waals surface area (Å²) in [7, 11) is 0. The molecule has 0 unspecified atom stereocenters. The SMILES string of the molecule is C=C1CC[C@@H](/C=C/C=C\C/C=C\C/C=C\C=C\CC/C=C\CC)O1. The number of allylic oxidation sites excluding steroid dienone is 12. The maximum Gasteiger partial charge on any atom is 0.117 e. The topological polar surface area (TPSA) is 9.23 Å². The highest BCUT2D eigenvalue weighted by Crippen LogP contribution is 2.21. The molecule has 130 valence electrons. The van der Waals surface area contributed by atoms with E-state index in [1.165, 1.54) is 0 Å². The number of ether oxygens (including phenoxy) is 1. The van der Waals surface area contributed by atoms with Gasteiger partial charge >= 0.3 is 0 Å². The summed E-state index contributed by atoms with van der Waals surface area (Å²) in [5.41, 5.74) is 0. The van der Waals surface area contributed by atoms with E-state index in [1.807, 2.05) is 0 Å². The second kappa shape index (κ2) is 14.6. The molecule has 1 rings (SSSR count). The summed E-state index contributed by atoms with van der Waals surface area (Å²) in [6.45, 7) is 6.00. The Labute approximate surface area is 148 Å². The molecular formula is C23H32O. The zero-order valence-corrected chi connectivity index (χ0v) is 15.1. The molecule has 1 fully saturated rings. The van der Waals surface area contributed by atoms with E-state index >= 15 is 0 Å². The van der Waals surface area contributed by atoms with Crippen molar-refractivity contribution in [3.63, 3.8) is 0 Å². The van der Waals surface area contributed by atoms with Gasteiger partial charge in [0.1, 0.15) is 6.10 Å². The molecule has 0 aliphatic carbocycles. The predicted molar refractivity (Wildman–Crippen MR) is 107 cm³/mol. The molecule has 0 saturated carbocycles. The van der Waals surface area contributed by atoms with E-state index in [0.717, 1.165) is 50.7 Å². The third-order valence-electron chi connectivity index (χ3n) is 3.60. The van der Waals surface area contributed by atoms with Crippen molar-refractivity contribution < 1.29 is 4.74 Å². The smallest absolute Gasteiger partial charge is 0.117 e. The van der Waals surface area contributed by atoms with Crippen molar-refractivity contribution in [2.45, 2.75) is 58.0 Å². The Kier molecular flexibility index (Phi) is 12.2. The number of hydrogen-bond donors (Lipinski definition) is 0. The van der Waals surface area contributed by atoms with Gasteiger partial charge in [0.25, 0.3) is 0 Å². The molecule has 0 aromatic heterocycles. The molecule has 1 aliphatic heterocycles. The van der Waals surface area contributed by atoms with E-state index in [1.54, 1.807) is 0 Å². The van der Waals surface area contributed by atoms with Gasteiger partial charge in [0.2, 0.25) is 0 Å². The third kappa shape index (κ3) is 11.5. The second-order valence-corrected chi connectivity index (χ2v) is 5.80. The summed E-state index contributed by atoms with van der Waals surface area (Å²) in [6.07, 6.45) is 33.6. The van der Waals surface area contributed by atoms with Crippen molar-refractivity contribution in [1.29, 1.82) is 0 Å². The monoisotopic (exact) mass is 324 g/mol. The number of rotatable bonds is 11. The normalized spacial score (nSPS) is 19.4. The van der Waals surface area contributed by atoms with Crippen LogP contribution in [0.4, 0.5) is 0 Å². The summed E-state index contributed by atoms with van der Waals surface area (Å²) in [4.78, 5) is 0. The summed E-state index contributed by atoms with van der Waals surface area (Å²) in [5.74, 6) is 0.910. The standard InChI is InChI=1S/C23H32O/c1-3-4-5-6-7-8-9-10-11-12-13-14-15-16-17-18-19-23-21-20-22(2)24-23/h4-5,8-11,13-14,16-19,23H,2-3,6-7,12,15,20-21H2,1H3/b5-4-,9-8+,11-10-,14-13-,17-16-,19-18+/t23-/m1/s1. The summed E-state index contributed by atoms with van der Waals surface area (Å²) < 4.78 is 5.54. The van der Waals surface area contributed by atoms with Gasteiger partial charge in [0, 0.05) is 6.42 Å². The van der Waals surface area contributed by atoms with Gasteiger partial charge in [-0.2, -0.15) is 0 Å². The molecule has 0 spiro atoms. The average Bonchev–Trinajstić information content (AvgIpc) is 3.00. The molecule has 1 atom stereocenters. The van der Waals surface area contributed by atoms with Crippen LogP contribution in [-0.2, 0) is 4.74 Å². The zero-order chi connectivity index (χ0) is 17.3. The lowest BCUT2D eigenvalue weighted by atomic mass is 10.2. The van der Waals surface area contributed by atoms with Gasteiger partial charge in [-0.25, -0.2) is 0 Å². The molecule has 0 N–H and O–H groups in total. The molecule has 1 saturated heterocycles. The quantitative estimate of drug-likeness (QED) is 0.226. The van der Waals surface area contributed by atoms with Crippen LogP contribution < -0.4 is 0 Å². The van der Waals surface area contributed by atoms with E-state index in [-0.39, 0.29) is 6.10 Å². The summed E-state index contributed by atoms with van der Waals surface area (Å²) >= 11 is 0. The van der Waals surface area contributed by atoms with Gasteiger partial charge in [0.15, 0.2) is 0 Å². The third-order valence-corrected chi connectivity index (χ3v) is 3.60. The van der Waals surface area contributed by atoms with Gasteiger partial charge < -0.3 is 4.74 Å². The van der Waals surface area contributed by atoms with Crippen LogP contribution in [-0.4, -0.2) is 6.10 Å². The highest BCUT2D eigenvalue weighted by atomic mass is 16.5. The van der Waals surface area contributed by atoms with E-state index in [0.29, 0.717) is 0 Å². The molecule has 24 heavy (non-hydrogen) atoms. The van der Waals surface area contributed by atoms with Crippen molar-refractivity contribution in [2.24, 2.45) is 0 Å². The zero-order valence-electron chi connectivity index (χ0n) is 15.1. The Bertz CT molecular complexity index is 500. The molecule has 0 radical (unpaired) electrons. The fourth-order valence-electron chi connectivity index (χ4n) is 2.27. The highest BCUT2D eigenvalue weighted by molar-refractivity contribution is 5.10. The van der Waals surface area contributed by atoms with Crippen LogP contribution in [0.25, 0.3) is 0 Å². The first-order chi connectivity index (χ1) is 11.8. The Hall–Kier alpha value is -2.02. The Morgan fingerprint density at radius 3 is 2.21 bits per heavy atom. The minimum atomic E-state index is 0.221. The van der Waals surface area contributed by atoms with Crippen LogP contribution in [0.3, 0.4) is 0 Å². The maximum absolute atomic E-state index is 5.54. The predicted octanol–water partition coefficient (Wildman–Crippen LogP) is 6.99. The first-order valence-corrected chi connectivity index (χ1v) is 9.12. The minimum absolute atomic E-state index is 0.221. The van der Waals surface area contributed by atoms with Crippen LogP contribution in [0.5, 0.6) is 0 Å². The molecule has 0 bridgehead atoms. The lowest BCUT2D eigenvalue weighted by Crippen LogP contribution is -1.97. The van der Waals surface area contributed by atoms with Gasteiger partial charge in [-0.1, -0.05) is 80.3 Å². The molecule has 0 amide bonds. The first-order valence-electron chi connectivity index (χ1n) is 9.12. The van der Waals surface area contributed by atoms with Crippen LogP contribution in [0.15, 0.2) is 85.3 Å². The molecule has 1 heterocycles. The van der Waals surface area contributed by atoms with E-state index in [4.69, 9.17) is 4.74 Å². The summed E-state index contributed by atoms with van der Waals surface area (Å²) in [5, 5.41) is 0. The molecule has 1 aliphatic rings. The Balaban J connectivity index is 2.00. The Morgan fingerprint density at radius 1 is 0.875 bits per heavy atom. The van der Waals surface area contributed by atoms with Crippen molar-refractivity contribution in [3.8, 4) is 0 Å². The van der Waals surface area contributed by atoms with Crippen molar-refractivity contribution in [3.05, 3.63) is 85.3 Å². The molecule has 1 heteroatoms. The van der Waals surface area contributed by atoms with Crippen LogP contribution in [0.2, 0.25) is 0 Å². The van der Waals surface area contributed by atoms with Crippen LogP contribution >= 0.6 is 0 Å². The van der Waals surface area contributed by atoms with Crippen molar-refractivity contribution in [1.82, 2.24) is 0 Å². The van der Waals surface area contributed by atoms with Crippen LogP contribution in [0, 0.1) is 0 Å². The lowest BCUT2D eigenvalue weighted by Gasteiger charge is -2.02. The largest absolute Gasteiger partial charge is 0.491 e. The fourth-order valence-corrected chi connectivity index (χ4v) is 2.27. The van der Waals surface area contributed by atoms with E-state index < -0.39 is 0 Å². The molecule has 1 nitrogen and oxygen atoms in total. The molecule has 0 aromatic carbocycles. The number of hydrogen-bond acceptors (Lipinski definition) is 1. The lowest BCUT2D eigenvalue weighted by molar-refractivity contribution is 0.203. The minimum Gasteiger partial charge on any atom is -0.491 e. The van der Waals surface area contributed by atoms with E-state index in [2.05, 4.69) is 86.4 Å². The fraction of sp³-hybridized carbons (Fsp3) is 0.391. The Morgan fingerprint density at radius 2 is 1.54 bits per heavy atom. The molecular weight excluding hydrogens is 292 g/mol. The molecule has 0 aromatic rings. The van der Waals surface area contributed by atoms with Gasteiger partial charge in [-0.3, -0.25) is 0 Å². The second-order valence-electron chi connectivity index (χ2n) is 5.80. The van der Waals surface area contributed by atoms with Gasteiger partial charge in [-0.15, -0.1) is 0 Å². The highest BCUT2D eigenvalue weighted by Gasteiger charge is 2.14. The summed E-state index contributed by atoms with van der Waals surface area (Å²) in [6, 6.07) is 0. The van der Waals surface area contributed by atoms with Crippen molar-refractivity contribution >= 4 is 0 Å².